The van der Waals surface area contributed by atoms with Crippen LogP contribution in [0.2, 0.25) is 0 Å². The van der Waals surface area contributed by atoms with Crippen molar-refractivity contribution in [2.24, 2.45) is 5.73 Å². The van der Waals surface area contributed by atoms with Gasteiger partial charge < -0.3 is 10.5 Å². The van der Waals surface area contributed by atoms with Crippen molar-refractivity contribution in [3.63, 3.8) is 0 Å². The zero-order valence-electron chi connectivity index (χ0n) is 9.28. The third-order valence-corrected chi connectivity index (χ3v) is 3.28. The van der Waals surface area contributed by atoms with Gasteiger partial charge in [-0.05, 0) is 42.9 Å². The molecule has 1 saturated carbocycles. The summed E-state index contributed by atoms with van der Waals surface area (Å²) in [5, 5.41) is 0. The van der Waals surface area contributed by atoms with Crippen LogP contribution >= 0.6 is 0 Å². The van der Waals surface area contributed by atoms with Crippen molar-refractivity contribution in [3.05, 3.63) is 29.8 Å². The third-order valence-electron chi connectivity index (χ3n) is 3.28. The maximum absolute atomic E-state index is 6.00. The van der Waals surface area contributed by atoms with Gasteiger partial charge in [-0.15, -0.1) is 0 Å². The minimum absolute atomic E-state index is 0.384. The first kappa shape index (κ1) is 10.5. The fourth-order valence-corrected chi connectivity index (χ4v) is 2.43. The molecular formula is C13H19NO. The molecule has 2 nitrogen and oxygen atoms in total. The minimum atomic E-state index is 0.384. The monoisotopic (exact) mass is 205 g/mol. The van der Waals surface area contributed by atoms with Crippen LogP contribution < -0.4 is 10.5 Å². The van der Waals surface area contributed by atoms with E-state index in [-0.39, 0.29) is 0 Å². The lowest BCUT2D eigenvalue weighted by Gasteiger charge is -2.27. The van der Waals surface area contributed by atoms with Gasteiger partial charge in [-0.1, -0.05) is 18.6 Å². The van der Waals surface area contributed by atoms with E-state index in [1.807, 2.05) is 6.07 Å². The van der Waals surface area contributed by atoms with Crippen LogP contribution in [0.3, 0.4) is 0 Å². The van der Waals surface area contributed by atoms with E-state index in [2.05, 4.69) is 18.2 Å². The second kappa shape index (κ2) is 4.67. The van der Waals surface area contributed by atoms with E-state index in [0.717, 1.165) is 12.2 Å². The molecule has 0 spiro atoms. The van der Waals surface area contributed by atoms with Crippen molar-refractivity contribution in [2.75, 3.05) is 7.11 Å². The van der Waals surface area contributed by atoms with Gasteiger partial charge in [-0.25, -0.2) is 0 Å². The van der Waals surface area contributed by atoms with Crippen molar-refractivity contribution in [1.82, 2.24) is 0 Å². The molecule has 0 heterocycles. The summed E-state index contributed by atoms with van der Waals surface area (Å²) in [7, 11) is 1.71. The second-order valence-corrected chi connectivity index (χ2v) is 4.40. The predicted molar refractivity (Wildman–Crippen MR) is 62.2 cm³/mol. The fraction of sp³-hybridized carbons (Fsp3) is 0.538. The molecule has 0 saturated heterocycles. The summed E-state index contributed by atoms with van der Waals surface area (Å²) in [4.78, 5) is 0. The van der Waals surface area contributed by atoms with Gasteiger partial charge in [-0.2, -0.15) is 0 Å². The average Bonchev–Trinajstić information content (AvgIpc) is 2.29. The lowest BCUT2D eigenvalue weighted by molar-refractivity contribution is 0.388. The molecule has 2 rings (SSSR count). The van der Waals surface area contributed by atoms with Crippen molar-refractivity contribution in [3.8, 4) is 5.75 Å². The Labute approximate surface area is 91.4 Å². The Kier molecular flexibility index (Phi) is 3.27. The first-order valence-electron chi connectivity index (χ1n) is 5.69. The Morgan fingerprint density at radius 1 is 1.33 bits per heavy atom. The van der Waals surface area contributed by atoms with Crippen LogP contribution in [0.25, 0.3) is 0 Å². The zero-order valence-corrected chi connectivity index (χ0v) is 9.28. The number of hydrogen-bond donors (Lipinski definition) is 1. The molecule has 1 aromatic rings. The van der Waals surface area contributed by atoms with E-state index >= 15 is 0 Å². The molecule has 0 bridgehead atoms. The highest BCUT2D eigenvalue weighted by Crippen LogP contribution is 2.33. The highest BCUT2D eigenvalue weighted by molar-refractivity contribution is 5.31. The molecule has 1 fully saturated rings. The van der Waals surface area contributed by atoms with Crippen LogP contribution in [0, 0.1) is 0 Å². The SMILES string of the molecule is COc1cccc([C@H]2CCC[C@H](N)C2)c1. The number of nitrogens with two attached hydrogens (primary N) is 1. The van der Waals surface area contributed by atoms with E-state index in [1.165, 1.54) is 24.8 Å². The molecule has 1 aliphatic rings. The quantitative estimate of drug-likeness (QED) is 0.805. The van der Waals surface area contributed by atoms with Crippen molar-refractivity contribution >= 4 is 0 Å². The maximum Gasteiger partial charge on any atom is 0.119 e. The molecule has 0 radical (unpaired) electrons. The number of ether oxygens (including phenoxy) is 1. The van der Waals surface area contributed by atoms with Gasteiger partial charge in [0.15, 0.2) is 0 Å². The molecule has 2 N–H and O–H groups in total. The van der Waals surface area contributed by atoms with Gasteiger partial charge in [0.25, 0.3) is 0 Å². The predicted octanol–water partition coefficient (Wildman–Crippen LogP) is 2.68. The molecule has 82 valence electrons. The van der Waals surface area contributed by atoms with E-state index < -0.39 is 0 Å². The standard InChI is InChI=1S/C13H19NO/c1-15-13-7-3-5-11(9-13)10-4-2-6-12(14)8-10/h3,5,7,9-10,12H,2,4,6,8,14H2,1H3/t10-,12-/m0/s1. The third kappa shape index (κ3) is 2.51. The molecule has 15 heavy (non-hydrogen) atoms. The molecular weight excluding hydrogens is 186 g/mol. The molecule has 0 aromatic heterocycles. The van der Waals surface area contributed by atoms with Gasteiger partial charge in [0, 0.05) is 6.04 Å². The summed E-state index contributed by atoms with van der Waals surface area (Å²) in [6.07, 6.45) is 4.82. The summed E-state index contributed by atoms with van der Waals surface area (Å²) < 4.78 is 5.24. The number of benzene rings is 1. The van der Waals surface area contributed by atoms with Crippen LogP contribution in [-0.2, 0) is 0 Å². The normalized spacial score (nSPS) is 26.3. The number of rotatable bonds is 2. The van der Waals surface area contributed by atoms with E-state index in [1.54, 1.807) is 7.11 Å². The molecule has 1 aliphatic carbocycles. The van der Waals surface area contributed by atoms with Gasteiger partial charge in [0.2, 0.25) is 0 Å². The van der Waals surface area contributed by atoms with Crippen molar-refractivity contribution in [1.29, 1.82) is 0 Å². The number of hydrogen-bond acceptors (Lipinski definition) is 2. The highest BCUT2D eigenvalue weighted by Gasteiger charge is 2.20. The molecule has 0 aliphatic heterocycles. The van der Waals surface area contributed by atoms with Crippen LogP contribution in [0.15, 0.2) is 24.3 Å². The fourth-order valence-electron chi connectivity index (χ4n) is 2.43. The smallest absolute Gasteiger partial charge is 0.119 e. The van der Waals surface area contributed by atoms with E-state index in [9.17, 15) is 0 Å². The molecule has 2 heteroatoms. The first-order chi connectivity index (χ1) is 7.29. The largest absolute Gasteiger partial charge is 0.497 e. The Morgan fingerprint density at radius 3 is 2.93 bits per heavy atom. The maximum atomic E-state index is 6.00. The molecule has 2 atom stereocenters. The van der Waals surface area contributed by atoms with Crippen LogP contribution in [0.5, 0.6) is 5.75 Å². The Hall–Kier alpha value is -1.02. The Balaban J connectivity index is 2.13. The minimum Gasteiger partial charge on any atom is -0.497 e. The second-order valence-electron chi connectivity index (χ2n) is 4.40. The molecule has 0 unspecified atom stereocenters. The summed E-state index contributed by atoms with van der Waals surface area (Å²) in [6.45, 7) is 0. The van der Waals surface area contributed by atoms with Gasteiger partial charge >= 0.3 is 0 Å². The lowest BCUT2D eigenvalue weighted by Crippen LogP contribution is -2.26. The summed E-state index contributed by atoms with van der Waals surface area (Å²) in [6, 6.07) is 8.77. The van der Waals surface area contributed by atoms with Crippen LogP contribution in [0.4, 0.5) is 0 Å². The average molecular weight is 205 g/mol. The lowest BCUT2D eigenvalue weighted by atomic mass is 9.82. The van der Waals surface area contributed by atoms with Crippen molar-refractivity contribution < 1.29 is 4.74 Å². The molecule has 1 aromatic carbocycles. The van der Waals surface area contributed by atoms with Gasteiger partial charge in [-0.3, -0.25) is 0 Å². The highest BCUT2D eigenvalue weighted by atomic mass is 16.5. The van der Waals surface area contributed by atoms with E-state index in [0.29, 0.717) is 12.0 Å². The first-order valence-corrected chi connectivity index (χ1v) is 5.69. The number of methoxy groups -OCH3 is 1. The zero-order chi connectivity index (χ0) is 10.7. The topological polar surface area (TPSA) is 35.2 Å². The van der Waals surface area contributed by atoms with Crippen molar-refractivity contribution in [2.45, 2.75) is 37.6 Å². The van der Waals surface area contributed by atoms with E-state index in [4.69, 9.17) is 10.5 Å². The molecule has 0 amide bonds. The van der Waals surface area contributed by atoms with Crippen LogP contribution in [0.1, 0.15) is 37.2 Å². The summed E-state index contributed by atoms with van der Waals surface area (Å²) >= 11 is 0. The van der Waals surface area contributed by atoms with Crippen LogP contribution in [-0.4, -0.2) is 13.2 Å². The van der Waals surface area contributed by atoms with Gasteiger partial charge in [0.1, 0.15) is 5.75 Å². The summed E-state index contributed by atoms with van der Waals surface area (Å²) in [5.41, 5.74) is 7.38. The van der Waals surface area contributed by atoms with Gasteiger partial charge in [0.05, 0.1) is 7.11 Å². The Bertz CT molecular complexity index is 324. The summed E-state index contributed by atoms with van der Waals surface area (Å²) in [5.74, 6) is 1.58. The Morgan fingerprint density at radius 2 is 2.20 bits per heavy atom.